The van der Waals surface area contributed by atoms with Crippen LogP contribution < -0.4 is 11.1 Å². The normalized spacial score (nSPS) is 11.8. The summed E-state index contributed by atoms with van der Waals surface area (Å²) < 4.78 is 0. The molecule has 1 amide bonds. The second kappa shape index (κ2) is 6.58. The predicted molar refractivity (Wildman–Crippen MR) is 67.0 cm³/mol. The van der Waals surface area contributed by atoms with E-state index in [4.69, 9.17) is 10.8 Å². The summed E-state index contributed by atoms with van der Waals surface area (Å²) in [5.41, 5.74) is 6.26. The second-order valence-electron chi connectivity index (χ2n) is 4.11. The van der Waals surface area contributed by atoms with Crippen molar-refractivity contribution in [3.8, 4) is 0 Å². The van der Waals surface area contributed by atoms with E-state index in [2.05, 4.69) is 10.3 Å². The minimum Gasteiger partial charge on any atom is -0.481 e. The van der Waals surface area contributed by atoms with Gasteiger partial charge in [-0.2, -0.15) is 0 Å². The molecule has 18 heavy (non-hydrogen) atoms. The maximum absolute atomic E-state index is 11.6. The van der Waals surface area contributed by atoms with Crippen molar-refractivity contribution in [1.29, 1.82) is 0 Å². The molecule has 1 aromatic heterocycles. The van der Waals surface area contributed by atoms with E-state index in [9.17, 15) is 9.59 Å². The van der Waals surface area contributed by atoms with E-state index in [-0.39, 0.29) is 5.91 Å². The van der Waals surface area contributed by atoms with E-state index < -0.39 is 11.9 Å². The molecule has 1 aromatic rings. The minimum absolute atomic E-state index is 0.280. The van der Waals surface area contributed by atoms with Crippen LogP contribution in [0.3, 0.4) is 0 Å². The first kappa shape index (κ1) is 14.0. The summed E-state index contributed by atoms with van der Waals surface area (Å²) in [5.74, 6) is -1.49. The number of carboxylic acid groups (broad SMARTS) is 1. The molecule has 1 heterocycles. The molecule has 0 aliphatic carbocycles. The monoisotopic (exact) mass is 251 g/mol. The molecule has 1 rings (SSSR count). The first-order valence-electron chi connectivity index (χ1n) is 5.73. The number of pyridine rings is 1. The lowest BCUT2D eigenvalue weighted by atomic mass is 10.1. The van der Waals surface area contributed by atoms with Gasteiger partial charge in [0, 0.05) is 6.54 Å². The molecule has 0 saturated carbocycles. The van der Waals surface area contributed by atoms with Crippen molar-refractivity contribution >= 4 is 17.6 Å². The van der Waals surface area contributed by atoms with Crippen LogP contribution in [-0.2, 0) is 4.79 Å². The number of nitrogens with two attached hydrogens (primary N) is 1. The molecule has 98 valence electrons. The number of hydrogen-bond acceptors (Lipinski definition) is 4. The Kier molecular flexibility index (Phi) is 5.10. The fourth-order valence-electron chi connectivity index (χ4n) is 1.36. The third-order valence-electron chi connectivity index (χ3n) is 2.54. The number of carboxylic acids is 1. The first-order chi connectivity index (χ1) is 8.50. The molecule has 0 aliphatic rings. The third kappa shape index (κ3) is 4.40. The topological polar surface area (TPSA) is 105 Å². The number of nitrogen functional groups attached to an aromatic ring is 1. The van der Waals surface area contributed by atoms with Crippen LogP contribution in [0, 0.1) is 5.92 Å². The van der Waals surface area contributed by atoms with Gasteiger partial charge in [0.15, 0.2) is 0 Å². The van der Waals surface area contributed by atoms with Gasteiger partial charge in [0.1, 0.15) is 5.69 Å². The molecule has 6 nitrogen and oxygen atoms in total. The zero-order valence-corrected chi connectivity index (χ0v) is 10.2. The summed E-state index contributed by atoms with van der Waals surface area (Å²) in [4.78, 5) is 26.1. The van der Waals surface area contributed by atoms with Crippen LogP contribution in [0.2, 0.25) is 0 Å². The fraction of sp³-hybridized carbons (Fsp3) is 0.417. The highest BCUT2D eigenvalue weighted by atomic mass is 16.4. The number of amides is 1. The Balaban J connectivity index is 2.29. The Bertz CT molecular complexity index is 417. The summed E-state index contributed by atoms with van der Waals surface area (Å²) in [6.07, 6.45) is 2.57. The average Bonchev–Trinajstić information content (AvgIpc) is 2.34. The molecule has 0 bridgehead atoms. The maximum atomic E-state index is 11.6. The van der Waals surface area contributed by atoms with Gasteiger partial charge in [-0.25, -0.2) is 4.98 Å². The lowest BCUT2D eigenvalue weighted by molar-refractivity contribution is -0.141. The summed E-state index contributed by atoms with van der Waals surface area (Å²) in [6, 6.07) is 3.15. The Morgan fingerprint density at radius 3 is 2.78 bits per heavy atom. The van der Waals surface area contributed by atoms with Crippen LogP contribution in [0.1, 0.15) is 30.3 Å². The van der Waals surface area contributed by atoms with E-state index in [1.807, 2.05) is 0 Å². The van der Waals surface area contributed by atoms with E-state index in [0.29, 0.717) is 30.8 Å². The highest BCUT2D eigenvalue weighted by Gasteiger charge is 2.10. The summed E-state index contributed by atoms with van der Waals surface area (Å²) in [6.45, 7) is 2.08. The Morgan fingerprint density at radius 2 is 2.22 bits per heavy atom. The van der Waals surface area contributed by atoms with Crippen molar-refractivity contribution in [3.05, 3.63) is 24.0 Å². The van der Waals surface area contributed by atoms with Crippen molar-refractivity contribution in [2.24, 2.45) is 5.92 Å². The molecule has 4 N–H and O–H groups in total. The molecule has 0 saturated heterocycles. The van der Waals surface area contributed by atoms with Crippen LogP contribution >= 0.6 is 0 Å². The zero-order valence-electron chi connectivity index (χ0n) is 10.2. The zero-order chi connectivity index (χ0) is 13.5. The number of carbonyl (C=O) groups excluding carboxylic acids is 1. The Morgan fingerprint density at radius 1 is 1.50 bits per heavy atom. The van der Waals surface area contributed by atoms with Crippen LogP contribution in [0.5, 0.6) is 0 Å². The number of aliphatic carboxylic acids is 1. The van der Waals surface area contributed by atoms with Gasteiger partial charge in [-0.3, -0.25) is 9.59 Å². The van der Waals surface area contributed by atoms with Crippen molar-refractivity contribution in [2.75, 3.05) is 12.3 Å². The lowest BCUT2D eigenvalue weighted by Gasteiger charge is -2.07. The van der Waals surface area contributed by atoms with Crippen molar-refractivity contribution in [2.45, 2.75) is 19.8 Å². The number of anilines is 1. The molecular weight excluding hydrogens is 234 g/mol. The number of hydrogen-bond donors (Lipinski definition) is 3. The second-order valence-corrected chi connectivity index (χ2v) is 4.11. The van der Waals surface area contributed by atoms with E-state index in [0.717, 1.165) is 0 Å². The van der Waals surface area contributed by atoms with Crippen molar-refractivity contribution < 1.29 is 14.7 Å². The van der Waals surface area contributed by atoms with Crippen LogP contribution in [0.25, 0.3) is 0 Å². The van der Waals surface area contributed by atoms with Crippen molar-refractivity contribution in [3.63, 3.8) is 0 Å². The molecule has 0 aromatic carbocycles. The van der Waals surface area contributed by atoms with Gasteiger partial charge < -0.3 is 16.2 Å². The first-order valence-corrected chi connectivity index (χ1v) is 5.73. The predicted octanol–water partition coefficient (Wildman–Crippen LogP) is 0.895. The molecule has 0 spiro atoms. The minimum atomic E-state index is -0.818. The van der Waals surface area contributed by atoms with E-state index in [1.165, 1.54) is 6.20 Å². The fourth-order valence-corrected chi connectivity index (χ4v) is 1.36. The number of nitrogens with zero attached hydrogens (tertiary/aromatic N) is 1. The van der Waals surface area contributed by atoms with E-state index in [1.54, 1.807) is 19.1 Å². The van der Waals surface area contributed by atoms with Gasteiger partial charge in [-0.15, -0.1) is 0 Å². The average molecular weight is 251 g/mol. The highest BCUT2D eigenvalue weighted by Crippen LogP contribution is 2.05. The highest BCUT2D eigenvalue weighted by molar-refractivity contribution is 5.92. The van der Waals surface area contributed by atoms with E-state index >= 15 is 0 Å². The van der Waals surface area contributed by atoms with Crippen LogP contribution in [0.15, 0.2) is 18.3 Å². The van der Waals surface area contributed by atoms with Gasteiger partial charge in [0.05, 0.1) is 17.8 Å². The number of nitrogens with one attached hydrogen (secondary N) is 1. The van der Waals surface area contributed by atoms with Gasteiger partial charge in [0.25, 0.3) is 5.91 Å². The van der Waals surface area contributed by atoms with Gasteiger partial charge in [-0.1, -0.05) is 6.92 Å². The standard InChI is InChI=1S/C12H17N3O3/c1-8(12(17)18)3-2-6-14-11(16)10-5-4-9(13)7-15-10/h4-5,7-8H,2-3,6,13H2,1H3,(H,14,16)(H,17,18). The van der Waals surface area contributed by atoms with Gasteiger partial charge in [0.2, 0.25) is 0 Å². The SMILES string of the molecule is CC(CCCNC(=O)c1ccc(N)cn1)C(=O)O. The van der Waals surface area contributed by atoms with Crippen molar-refractivity contribution in [1.82, 2.24) is 10.3 Å². The third-order valence-corrected chi connectivity index (χ3v) is 2.54. The molecule has 0 aliphatic heterocycles. The maximum Gasteiger partial charge on any atom is 0.306 e. The Labute approximate surface area is 105 Å². The Hall–Kier alpha value is -2.11. The smallest absolute Gasteiger partial charge is 0.306 e. The summed E-state index contributed by atoms with van der Waals surface area (Å²) >= 11 is 0. The molecule has 6 heteroatoms. The molecule has 1 unspecified atom stereocenters. The summed E-state index contributed by atoms with van der Waals surface area (Å²) in [7, 11) is 0. The van der Waals surface area contributed by atoms with Gasteiger partial charge in [-0.05, 0) is 25.0 Å². The van der Waals surface area contributed by atoms with Crippen LogP contribution in [0.4, 0.5) is 5.69 Å². The quantitative estimate of drug-likeness (QED) is 0.651. The molecule has 0 radical (unpaired) electrons. The number of rotatable bonds is 6. The lowest BCUT2D eigenvalue weighted by Crippen LogP contribution is -2.26. The van der Waals surface area contributed by atoms with Crippen LogP contribution in [-0.4, -0.2) is 28.5 Å². The summed E-state index contributed by atoms with van der Waals surface area (Å²) in [5, 5.41) is 11.4. The van der Waals surface area contributed by atoms with Gasteiger partial charge >= 0.3 is 5.97 Å². The molecule has 0 fully saturated rings. The molecular formula is C12H17N3O3. The largest absolute Gasteiger partial charge is 0.481 e. The number of aromatic nitrogens is 1. The number of carbonyl (C=O) groups is 2. The molecule has 1 atom stereocenters.